The van der Waals surface area contributed by atoms with Crippen LogP contribution in [0.1, 0.15) is 11.7 Å². The van der Waals surface area contributed by atoms with Crippen molar-refractivity contribution in [2.45, 2.75) is 6.10 Å². The highest BCUT2D eigenvalue weighted by molar-refractivity contribution is 5.95. The number of aliphatic hydroxyl groups excluding tert-OH is 1. The lowest BCUT2D eigenvalue weighted by Crippen LogP contribution is -2.21. The van der Waals surface area contributed by atoms with Gasteiger partial charge in [-0.05, 0) is 29.8 Å². The Morgan fingerprint density at radius 2 is 2.00 bits per heavy atom. The number of hydrogen-bond donors (Lipinski definition) is 3. The van der Waals surface area contributed by atoms with Crippen LogP contribution in [0.3, 0.4) is 0 Å². The number of halogens is 2. The van der Waals surface area contributed by atoms with Gasteiger partial charge in [-0.3, -0.25) is 14.3 Å². The van der Waals surface area contributed by atoms with E-state index in [0.29, 0.717) is 11.3 Å². The molecule has 1 unspecified atom stereocenters. The first kappa shape index (κ1) is 16.5. The van der Waals surface area contributed by atoms with Crippen molar-refractivity contribution in [3.8, 4) is 11.4 Å². The Balaban J connectivity index is 1.78. The molecule has 1 atom stereocenters. The van der Waals surface area contributed by atoms with Crippen LogP contribution in [0.5, 0.6) is 0 Å². The molecule has 0 aliphatic rings. The first-order valence-corrected chi connectivity index (χ1v) is 7.04. The quantitative estimate of drug-likeness (QED) is 0.669. The highest BCUT2D eigenvalue weighted by Gasteiger charge is 2.19. The monoisotopic (exact) mass is 347 g/mol. The molecular weight excluding hydrogens is 336 g/mol. The second kappa shape index (κ2) is 6.65. The topological polar surface area (TPSA) is 108 Å². The summed E-state index contributed by atoms with van der Waals surface area (Å²) in [5.74, 6) is -3.63. The molecule has 0 saturated carbocycles. The van der Waals surface area contributed by atoms with Crippen LogP contribution in [0, 0.1) is 11.6 Å². The van der Waals surface area contributed by atoms with Crippen molar-refractivity contribution in [2.24, 2.45) is 0 Å². The molecule has 3 aromatic rings. The summed E-state index contributed by atoms with van der Waals surface area (Å²) in [5.41, 5.74) is 0.673. The average Bonchev–Trinajstić information content (AvgIpc) is 3.03. The van der Waals surface area contributed by atoms with E-state index in [1.54, 1.807) is 12.1 Å². The van der Waals surface area contributed by atoms with Crippen molar-refractivity contribution >= 4 is 11.6 Å². The number of aliphatic hydroxyl groups is 1. The van der Waals surface area contributed by atoms with Gasteiger partial charge in [-0.15, -0.1) is 0 Å². The van der Waals surface area contributed by atoms with Crippen molar-refractivity contribution in [3.63, 3.8) is 0 Å². The van der Waals surface area contributed by atoms with Gasteiger partial charge in [0.2, 0.25) is 0 Å². The average molecular weight is 347 g/mol. The molecule has 128 valence electrons. The van der Waals surface area contributed by atoms with E-state index in [-0.39, 0.29) is 11.4 Å². The minimum Gasteiger partial charge on any atom is -0.378 e. The second-order valence-electron chi connectivity index (χ2n) is 5.09. The summed E-state index contributed by atoms with van der Waals surface area (Å²) < 4.78 is 30.5. The molecule has 0 aliphatic carbocycles. The summed E-state index contributed by atoms with van der Waals surface area (Å²) in [7, 11) is 0. The molecule has 0 fully saturated rings. The number of amides is 1. The van der Waals surface area contributed by atoms with E-state index in [2.05, 4.69) is 20.0 Å². The summed E-state index contributed by atoms with van der Waals surface area (Å²) in [6.45, 7) is 0. The predicted octanol–water partition coefficient (Wildman–Crippen LogP) is 1.98. The Morgan fingerprint density at radius 3 is 2.68 bits per heavy atom. The zero-order valence-electron chi connectivity index (χ0n) is 12.5. The molecule has 3 N–H and O–H groups in total. The Kier molecular flexibility index (Phi) is 4.40. The van der Waals surface area contributed by atoms with Gasteiger partial charge in [0.25, 0.3) is 5.91 Å². The molecule has 0 spiro atoms. The molecule has 25 heavy (non-hydrogen) atoms. The van der Waals surface area contributed by atoms with Crippen LogP contribution >= 0.6 is 0 Å². The van der Waals surface area contributed by atoms with E-state index in [9.17, 15) is 23.5 Å². The smallest absolute Gasteiger partial charge is 0.378 e. The molecule has 0 bridgehead atoms. The lowest BCUT2D eigenvalue weighted by molar-refractivity contribution is -0.124. The highest BCUT2D eigenvalue weighted by atomic mass is 19.2. The van der Waals surface area contributed by atoms with Crippen LogP contribution in [-0.2, 0) is 4.79 Å². The maximum atomic E-state index is 13.2. The van der Waals surface area contributed by atoms with Crippen LogP contribution < -0.4 is 11.1 Å². The van der Waals surface area contributed by atoms with Crippen molar-refractivity contribution in [3.05, 3.63) is 70.2 Å². The Bertz CT molecular complexity index is 983. The summed E-state index contributed by atoms with van der Waals surface area (Å²) in [4.78, 5) is 25.4. The van der Waals surface area contributed by atoms with Gasteiger partial charge in [0, 0.05) is 11.3 Å². The molecule has 7 nitrogen and oxygen atoms in total. The molecule has 1 heterocycles. The van der Waals surface area contributed by atoms with Crippen molar-refractivity contribution in [1.29, 1.82) is 0 Å². The molecule has 3 rings (SSSR count). The summed E-state index contributed by atoms with van der Waals surface area (Å²) in [6, 6.07) is 8.91. The van der Waals surface area contributed by atoms with Crippen molar-refractivity contribution in [2.75, 3.05) is 5.32 Å². The van der Waals surface area contributed by atoms with Gasteiger partial charge in [-0.1, -0.05) is 23.4 Å². The first-order valence-electron chi connectivity index (χ1n) is 7.04. The zero-order valence-corrected chi connectivity index (χ0v) is 12.5. The third kappa shape index (κ3) is 3.61. The first-order chi connectivity index (χ1) is 11.9. The Hall–Kier alpha value is -3.33. The summed E-state index contributed by atoms with van der Waals surface area (Å²) in [6.07, 6.45) is -1.69. The number of anilines is 1. The van der Waals surface area contributed by atoms with Crippen LogP contribution in [-0.4, -0.2) is 21.2 Å². The number of aromatic amines is 1. The second-order valence-corrected chi connectivity index (χ2v) is 5.09. The van der Waals surface area contributed by atoms with E-state index in [1.807, 2.05) is 0 Å². The van der Waals surface area contributed by atoms with Gasteiger partial charge in [0.1, 0.15) is 0 Å². The minimum absolute atomic E-state index is 0.0895. The molecule has 0 radical (unpaired) electrons. The van der Waals surface area contributed by atoms with Gasteiger partial charge in [-0.25, -0.2) is 13.6 Å². The highest BCUT2D eigenvalue weighted by Crippen LogP contribution is 2.21. The van der Waals surface area contributed by atoms with E-state index < -0.39 is 29.4 Å². The van der Waals surface area contributed by atoms with Crippen molar-refractivity contribution < 1.29 is 23.2 Å². The SMILES string of the molecule is O=C(Nc1cccc(-c2noc(=O)[nH]2)c1)C(O)c1ccc(F)c(F)c1. The number of aromatic nitrogens is 2. The fourth-order valence-electron chi connectivity index (χ4n) is 2.14. The summed E-state index contributed by atoms with van der Waals surface area (Å²) >= 11 is 0. The fourth-order valence-corrected chi connectivity index (χ4v) is 2.14. The Morgan fingerprint density at radius 1 is 1.20 bits per heavy atom. The van der Waals surface area contributed by atoms with Gasteiger partial charge in [0.05, 0.1) is 0 Å². The van der Waals surface area contributed by atoms with E-state index >= 15 is 0 Å². The van der Waals surface area contributed by atoms with Crippen LogP contribution in [0.15, 0.2) is 51.8 Å². The summed E-state index contributed by atoms with van der Waals surface area (Å²) in [5, 5.41) is 15.9. The number of nitrogens with one attached hydrogen (secondary N) is 2. The molecule has 1 aromatic heterocycles. The van der Waals surface area contributed by atoms with Gasteiger partial charge < -0.3 is 10.4 Å². The molecule has 9 heteroatoms. The van der Waals surface area contributed by atoms with Crippen LogP contribution in [0.2, 0.25) is 0 Å². The fraction of sp³-hybridized carbons (Fsp3) is 0.0625. The molecule has 0 aliphatic heterocycles. The molecule has 2 aromatic carbocycles. The number of carbonyl (C=O) groups excluding carboxylic acids is 1. The maximum absolute atomic E-state index is 13.2. The van der Waals surface area contributed by atoms with Gasteiger partial charge in [-0.2, -0.15) is 0 Å². The molecular formula is C16H11F2N3O4. The van der Waals surface area contributed by atoms with Crippen LogP contribution in [0.4, 0.5) is 14.5 Å². The number of benzene rings is 2. The third-order valence-corrected chi connectivity index (χ3v) is 3.35. The lowest BCUT2D eigenvalue weighted by atomic mass is 10.1. The normalized spacial score (nSPS) is 12.0. The minimum atomic E-state index is -1.69. The van der Waals surface area contributed by atoms with E-state index in [4.69, 9.17) is 0 Å². The maximum Gasteiger partial charge on any atom is 0.439 e. The third-order valence-electron chi connectivity index (χ3n) is 3.35. The van der Waals surface area contributed by atoms with Gasteiger partial charge >= 0.3 is 5.76 Å². The number of H-pyrrole nitrogens is 1. The van der Waals surface area contributed by atoms with E-state index in [0.717, 1.165) is 18.2 Å². The molecule has 1 amide bonds. The van der Waals surface area contributed by atoms with E-state index in [1.165, 1.54) is 12.1 Å². The Labute approximate surface area is 138 Å². The number of hydrogen-bond acceptors (Lipinski definition) is 5. The number of rotatable bonds is 4. The largest absolute Gasteiger partial charge is 0.439 e. The predicted molar refractivity (Wildman–Crippen MR) is 82.5 cm³/mol. The van der Waals surface area contributed by atoms with Crippen molar-refractivity contribution in [1.82, 2.24) is 10.1 Å². The van der Waals surface area contributed by atoms with Gasteiger partial charge in [0.15, 0.2) is 23.6 Å². The number of carbonyl (C=O) groups is 1. The lowest BCUT2D eigenvalue weighted by Gasteiger charge is -2.12. The zero-order chi connectivity index (χ0) is 18.0. The standard InChI is InChI=1S/C16H11F2N3O4/c17-11-5-4-8(7-12(11)18)13(22)15(23)19-10-3-1-2-9(6-10)14-20-16(24)25-21-14/h1-7,13,22H,(H,19,23)(H,20,21,24). The molecule has 0 saturated heterocycles. The van der Waals surface area contributed by atoms with Crippen LogP contribution in [0.25, 0.3) is 11.4 Å². The number of nitrogens with zero attached hydrogens (tertiary/aromatic N) is 1.